The van der Waals surface area contributed by atoms with E-state index in [1.54, 1.807) is 0 Å². The molecule has 0 amide bonds. The molecule has 2 aromatic rings. The van der Waals surface area contributed by atoms with Gasteiger partial charge in [-0.3, -0.25) is 4.55 Å². The molecule has 0 saturated heterocycles. The summed E-state index contributed by atoms with van der Waals surface area (Å²) in [5.41, 5.74) is 0. The second-order valence-corrected chi connectivity index (χ2v) is 5.22. The van der Waals surface area contributed by atoms with E-state index in [-0.39, 0.29) is 0 Å². The Hall–Kier alpha value is -1.64. The molecule has 9 heteroatoms. The Morgan fingerprint density at radius 1 is 0.762 bits per heavy atom. The van der Waals surface area contributed by atoms with Gasteiger partial charge in [0.25, 0.3) is 0 Å². The molecule has 21 heavy (non-hydrogen) atoms. The maximum Gasteiger partial charge on any atom is 0.353 e. The van der Waals surface area contributed by atoms with Crippen molar-refractivity contribution in [3.63, 3.8) is 0 Å². The van der Waals surface area contributed by atoms with E-state index in [4.69, 9.17) is 13.0 Å². The summed E-state index contributed by atoms with van der Waals surface area (Å²) in [7, 11) is -0.137. The molecule has 0 saturated carbocycles. The third-order valence-electron chi connectivity index (χ3n) is 1.65. The molecule has 0 unspecified atom stereocenters. The third kappa shape index (κ3) is 10.8. The van der Waals surface area contributed by atoms with Crippen LogP contribution in [0.4, 0.5) is 17.6 Å². The first kappa shape index (κ1) is 19.4. The highest BCUT2D eigenvalue weighted by Gasteiger charge is 2.11. The summed E-state index contributed by atoms with van der Waals surface area (Å²) in [5.74, 6) is -6.34. The zero-order valence-electron chi connectivity index (χ0n) is 10.2. The number of hydrogen-bond donors (Lipinski definition) is 1. The first-order chi connectivity index (χ1) is 9.63. The molecule has 2 aromatic carbocycles. The summed E-state index contributed by atoms with van der Waals surface area (Å²) >= 11 is 0. The van der Waals surface area contributed by atoms with Crippen LogP contribution < -0.4 is 0 Å². The maximum atomic E-state index is 12.0. The predicted molar refractivity (Wildman–Crippen MR) is 70.1 cm³/mol. The Morgan fingerprint density at radius 3 is 1.14 bits per heavy atom. The van der Waals surface area contributed by atoms with E-state index in [0.29, 0.717) is 12.1 Å². The third-order valence-corrected chi connectivity index (χ3v) is 1.65. The van der Waals surface area contributed by atoms with Crippen molar-refractivity contribution in [3.8, 4) is 0 Å². The van der Waals surface area contributed by atoms with E-state index < -0.39 is 32.6 Å². The van der Waals surface area contributed by atoms with Crippen LogP contribution in [-0.2, 0) is 9.33 Å². The fraction of sp³-hybridized carbons (Fsp3) is 0. The average Bonchev–Trinajstić information content (AvgIpc) is 2.42. The lowest BCUT2D eigenvalue weighted by Gasteiger charge is -1.93. The number of hydrogen-bond acceptors (Lipinski definition) is 2. The summed E-state index contributed by atoms with van der Waals surface area (Å²) in [5, 5.41) is 0. The van der Waals surface area contributed by atoms with Gasteiger partial charge in [0, 0.05) is 10.7 Å². The summed E-state index contributed by atoms with van der Waals surface area (Å²) < 4.78 is 73.1. The van der Waals surface area contributed by atoms with Crippen molar-refractivity contribution in [3.05, 3.63) is 71.8 Å². The molecule has 0 fully saturated rings. The van der Waals surface area contributed by atoms with Crippen LogP contribution in [-0.4, -0.2) is 13.0 Å². The molecule has 0 aliphatic heterocycles. The van der Waals surface area contributed by atoms with Crippen molar-refractivity contribution in [1.82, 2.24) is 0 Å². The van der Waals surface area contributed by atoms with Gasteiger partial charge in [-0.2, -0.15) is 8.42 Å². The highest BCUT2D eigenvalue weighted by Crippen LogP contribution is 2.12. The van der Waals surface area contributed by atoms with Crippen molar-refractivity contribution in [1.29, 1.82) is 0 Å². The van der Waals surface area contributed by atoms with E-state index in [1.165, 1.54) is 0 Å². The molecule has 116 valence electrons. The van der Waals surface area contributed by atoms with Crippen LogP contribution in [0.15, 0.2) is 48.5 Å². The van der Waals surface area contributed by atoms with Gasteiger partial charge in [-0.25, -0.2) is 17.6 Å². The van der Waals surface area contributed by atoms with Crippen LogP contribution in [0.2, 0.25) is 0 Å². The minimum absolute atomic E-state index is 0.522. The van der Waals surface area contributed by atoms with Gasteiger partial charge in [-0.1, -0.05) is 36.4 Å². The molecule has 0 aliphatic rings. The first-order valence-corrected chi connectivity index (χ1v) is 7.35. The molecule has 1 N–H and O–H groups in total. The zero-order valence-corrected chi connectivity index (χ0v) is 11.8. The lowest BCUT2D eigenvalue weighted by atomic mass is 10.3. The second kappa shape index (κ2) is 9.32. The Kier molecular flexibility index (Phi) is 8.60. The monoisotopic (exact) mass is 344 g/mol. The average molecular weight is 345 g/mol. The van der Waals surface area contributed by atoms with Crippen molar-refractivity contribution in [2.24, 2.45) is 0 Å². The molecule has 0 bridgehead atoms. The van der Waals surface area contributed by atoms with Gasteiger partial charge in [0.05, 0.1) is 0 Å². The minimum Gasteiger partial charge on any atom is -0.273 e. The lowest BCUT2D eigenvalue weighted by molar-refractivity contribution is 0.409. The molecule has 0 aliphatic carbocycles. The van der Waals surface area contributed by atoms with Crippen LogP contribution in [0.3, 0.4) is 0 Å². The van der Waals surface area contributed by atoms with Gasteiger partial charge >= 0.3 is 9.33 Å². The highest BCUT2D eigenvalue weighted by atomic mass is 35.7. The summed E-state index contributed by atoms with van der Waals surface area (Å²) in [6.45, 7) is 0. The zero-order chi connectivity index (χ0) is 16.5. The Balaban J connectivity index is 0.000000312. The highest BCUT2D eigenvalue weighted by molar-refractivity contribution is 8.09. The molecular weight excluding hydrogens is 336 g/mol. The maximum absolute atomic E-state index is 12.0. The van der Waals surface area contributed by atoms with Gasteiger partial charge in [0.1, 0.15) is 0 Å². The molecule has 0 radical (unpaired) electrons. The van der Waals surface area contributed by atoms with Crippen LogP contribution in [0.1, 0.15) is 0 Å². The molecular formula is C12H9ClF4O3S. The standard InChI is InChI=1S/C6H2F4.C6H6.ClHO3S/c7-3-1-2-4(8)6(10)5(3)9;1-2-4-6-5-3-1;1-5(2,3)4/h1-2H;1-6H;(H,2,3,4). The summed E-state index contributed by atoms with van der Waals surface area (Å²) in [4.78, 5) is 0. The number of benzene rings is 2. The topological polar surface area (TPSA) is 54.4 Å². The fourth-order valence-corrected chi connectivity index (χ4v) is 0.887. The Bertz CT molecular complexity index is 589. The molecule has 2 rings (SSSR count). The van der Waals surface area contributed by atoms with E-state index in [9.17, 15) is 17.6 Å². The SMILES string of the molecule is Fc1ccc(F)c(F)c1F.O=S(=O)(O)Cl.c1ccccc1. The normalized spacial score (nSPS) is 9.81. The molecule has 3 nitrogen and oxygen atoms in total. The van der Waals surface area contributed by atoms with Gasteiger partial charge in [-0.15, -0.1) is 0 Å². The second-order valence-electron chi connectivity index (χ2n) is 3.22. The van der Waals surface area contributed by atoms with E-state index in [2.05, 4.69) is 10.7 Å². The predicted octanol–water partition coefficient (Wildman–Crippen LogP) is 3.96. The number of halogens is 5. The van der Waals surface area contributed by atoms with Crippen molar-refractivity contribution < 1.29 is 30.5 Å². The van der Waals surface area contributed by atoms with Gasteiger partial charge in [0.2, 0.25) is 0 Å². The van der Waals surface area contributed by atoms with E-state index in [1.807, 2.05) is 36.4 Å². The Labute approximate surface area is 123 Å². The van der Waals surface area contributed by atoms with Crippen LogP contribution in [0, 0.1) is 23.3 Å². The smallest absolute Gasteiger partial charge is 0.273 e. The summed E-state index contributed by atoms with van der Waals surface area (Å²) in [6.07, 6.45) is 0. The van der Waals surface area contributed by atoms with Crippen molar-refractivity contribution in [2.45, 2.75) is 0 Å². The van der Waals surface area contributed by atoms with Crippen LogP contribution in [0.25, 0.3) is 0 Å². The van der Waals surface area contributed by atoms with Crippen molar-refractivity contribution >= 4 is 20.0 Å². The molecule has 0 heterocycles. The molecule has 0 atom stereocenters. The molecule has 0 aromatic heterocycles. The quantitative estimate of drug-likeness (QED) is 0.259. The molecule has 0 spiro atoms. The van der Waals surface area contributed by atoms with E-state index in [0.717, 1.165) is 0 Å². The number of rotatable bonds is 0. The first-order valence-electron chi connectivity index (χ1n) is 5.09. The van der Waals surface area contributed by atoms with Crippen LogP contribution in [0.5, 0.6) is 0 Å². The van der Waals surface area contributed by atoms with Crippen molar-refractivity contribution in [2.75, 3.05) is 0 Å². The van der Waals surface area contributed by atoms with Gasteiger partial charge in [-0.05, 0) is 12.1 Å². The Morgan fingerprint density at radius 2 is 0.952 bits per heavy atom. The van der Waals surface area contributed by atoms with Gasteiger partial charge < -0.3 is 0 Å². The lowest BCUT2D eigenvalue weighted by Crippen LogP contribution is -1.93. The van der Waals surface area contributed by atoms with E-state index >= 15 is 0 Å². The largest absolute Gasteiger partial charge is 0.353 e. The fourth-order valence-electron chi connectivity index (χ4n) is 0.887. The van der Waals surface area contributed by atoms with Crippen LogP contribution >= 0.6 is 10.7 Å². The minimum atomic E-state index is -4.19. The van der Waals surface area contributed by atoms with Gasteiger partial charge in [0.15, 0.2) is 23.3 Å². The summed E-state index contributed by atoms with van der Waals surface area (Å²) in [6, 6.07) is 13.0.